The first-order valence-corrected chi connectivity index (χ1v) is 6.20. The van der Waals surface area contributed by atoms with Gasteiger partial charge in [0, 0.05) is 12.3 Å². The second-order valence-electron chi connectivity index (χ2n) is 3.66. The second kappa shape index (κ2) is 5.53. The summed E-state index contributed by atoms with van der Waals surface area (Å²) in [6, 6.07) is 3.42. The van der Waals surface area contributed by atoms with Gasteiger partial charge >= 0.3 is 12.1 Å². The molecule has 0 amide bonds. The third-order valence-electron chi connectivity index (χ3n) is 2.20. The van der Waals surface area contributed by atoms with Crippen molar-refractivity contribution in [2.45, 2.75) is 17.0 Å². The summed E-state index contributed by atoms with van der Waals surface area (Å²) in [6.07, 6.45) is -3.68. The number of halogens is 3. The molecule has 9 heteroatoms. The largest absolute Gasteiger partial charge is 0.476 e. The van der Waals surface area contributed by atoms with Gasteiger partial charge in [0.1, 0.15) is 5.76 Å². The first-order valence-electron chi connectivity index (χ1n) is 5.21. The summed E-state index contributed by atoms with van der Waals surface area (Å²) < 4.78 is 41.7. The maximum Gasteiger partial charge on any atom is 0.417 e. The normalized spacial score (nSPS) is 11.6. The molecule has 0 radical (unpaired) electrons. The molecule has 0 spiro atoms. The highest BCUT2D eigenvalue weighted by molar-refractivity contribution is 7.98. The Balaban J connectivity index is 1.98. The van der Waals surface area contributed by atoms with Crippen LogP contribution in [0, 0.1) is 0 Å². The smallest absolute Gasteiger partial charge is 0.417 e. The van der Waals surface area contributed by atoms with Crippen molar-refractivity contribution < 1.29 is 27.6 Å². The summed E-state index contributed by atoms with van der Waals surface area (Å²) in [5.74, 6) is -0.690. The Morgan fingerprint density at radius 1 is 1.40 bits per heavy atom. The Labute approximate surface area is 114 Å². The van der Waals surface area contributed by atoms with E-state index in [0.29, 0.717) is 10.8 Å². The van der Waals surface area contributed by atoms with Gasteiger partial charge in [-0.25, -0.2) is 9.78 Å². The molecular formula is C11H7F3N2O3S. The molecule has 0 saturated heterocycles. The lowest BCUT2D eigenvalue weighted by Crippen LogP contribution is -2.05. The molecule has 0 atom stereocenters. The van der Waals surface area contributed by atoms with Gasteiger partial charge in [0.05, 0.1) is 16.3 Å². The van der Waals surface area contributed by atoms with Crippen LogP contribution in [-0.4, -0.2) is 21.2 Å². The van der Waals surface area contributed by atoms with Crippen LogP contribution in [0.1, 0.15) is 21.8 Å². The Morgan fingerprint density at radius 3 is 2.65 bits per heavy atom. The molecule has 0 aliphatic rings. The van der Waals surface area contributed by atoms with Crippen LogP contribution in [-0.2, 0) is 11.9 Å². The predicted molar refractivity (Wildman–Crippen MR) is 62.3 cm³/mol. The van der Waals surface area contributed by atoms with E-state index in [4.69, 9.17) is 9.63 Å². The highest BCUT2D eigenvalue weighted by Gasteiger charge is 2.30. The van der Waals surface area contributed by atoms with E-state index in [1.165, 1.54) is 12.1 Å². The molecule has 0 saturated carbocycles. The molecule has 106 valence electrons. The minimum absolute atomic E-state index is 0.221. The van der Waals surface area contributed by atoms with Crippen LogP contribution in [0.5, 0.6) is 0 Å². The topological polar surface area (TPSA) is 76.2 Å². The van der Waals surface area contributed by atoms with Crippen molar-refractivity contribution in [3.63, 3.8) is 0 Å². The number of alkyl halides is 3. The summed E-state index contributed by atoms with van der Waals surface area (Å²) in [5, 5.41) is 12.3. The zero-order valence-electron chi connectivity index (χ0n) is 9.72. The zero-order chi connectivity index (χ0) is 14.8. The van der Waals surface area contributed by atoms with Crippen LogP contribution in [0.4, 0.5) is 13.2 Å². The summed E-state index contributed by atoms with van der Waals surface area (Å²) >= 11 is 1.11. The minimum Gasteiger partial charge on any atom is -0.476 e. The van der Waals surface area contributed by atoms with Crippen molar-refractivity contribution in [1.29, 1.82) is 0 Å². The average Bonchev–Trinajstić information content (AvgIpc) is 2.85. The van der Waals surface area contributed by atoms with E-state index >= 15 is 0 Å². The fourth-order valence-electron chi connectivity index (χ4n) is 1.26. The minimum atomic E-state index is -4.42. The molecule has 0 bridgehead atoms. The number of hydrogen-bond acceptors (Lipinski definition) is 5. The number of aromatic nitrogens is 2. The quantitative estimate of drug-likeness (QED) is 0.875. The van der Waals surface area contributed by atoms with Gasteiger partial charge in [-0.15, -0.1) is 0 Å². The van der Waals surface area contributed by atoms with Crippen molar-refractivity contribution in [3.8, 4) is 0 Å². The lowest BCUT2D eigenvalue weighted by Gasteiger charge is -2.06. The average molecular weight is 304 g/mol. The maximum atomic E-state index is 12.3. The molecular weight excluding hydrogens is 297 g/mol. The number of thioether (sulfide) groups is 1. The fraction of sp³-hybridized carbons (Fsp3) is 0.182. The monoisotopic (exact) mass is 304 g/mol. The summed E-state index contributed by atoms with van der Waals surface area (Å²) in [5.41, 5.74) is -1.05. The molecule has 0 fully saturated rings. The van der Waals surface area contributed by atoms with Crippen molar-refractivity contribution in [2.75, 3.05) is 0 Å². The van der Waals surface area contributed by atoms with E-state index in [1.54, 1.807) is 0 Å². The van der Waals surface area contributed by atoms with Crippen molar-refractivity contribution in [3.05, 3.63) is 41.4 Å². The van der Waals surface area contributed by atoms with Gasteiger partial charge in [-0.3, -0.25) is 0 Å². The van der Waals surface area contributed by atoms with Crippen LogP contribution in [0.2, 0.25) is 0 Å². The zero-order valence-corrected chi connectivity index (χ0v) is 10.5. The summed E-state index contributed by atoms with van der Waals surface area (Å²) in [7, 11) is 0. The van der Waals surface area contributed by atoms with Crippen molar-refractivity contribution >= 4 is 17.7 Å². The number of aromatic carboxylic acids is 1. The Bertz CT molecular complexity index is 610. The van der Waals surface area contributed by atoms with Crippen molar-refractivity contribution in [1.82, 2.24) is 10.1 Å². The van der Waals surface area contributed by atoms with Gasteiger partial charge in [0.25, 0.3) is 0 Å². The van der Waals surface area contributed by atoms with Crippen molar-refractivity contribution in [2.24, 2.45) is 0 Å². The number of pyridine rings is 1. The molecule has 0 unspecified atom stereocenters. The van der Waals surface area contributed by atoms with Crippen LogP contribution in [0.15, 0.2) is 33.9 Å². The Morgan fingerprint density at radius 2 is 2.15 bits per heavy atom. The molecule has 2 heterocycles. The van der Waals surface area contributed by atoms with E-state index in [0.717, 1.165) is 24.0 Å². The first kappa shape index (κ1) is 14.4. The molecule has 2 rings (SSSR count). The number of nitrogens with zero attached hydrogens (tertiary/aromatic N) is 2. The fourth-order valence-corrected chi connectivity index (χ4v) is 1.98. The highest BCUT2D eigenvalue weighted by Crippen LogP contribution is 2.30. The summed E-state index contributed by atoms with van der Waals surface area (Å²) in [4.78, 5) is 14.2. The van der Waals surface area contributed by atoms with Crippen LogP contribution < -0.4 is 0 Å². The van der Waals surface area contributed by atoms with Crippen LogP contribution >= 0.6 is 11.8 Å². The Hall–Kier alpha value is -2.03. The number of carbonyl (C=O) groups is 1. The van der Waals surface area contributed by atoms with E-state index in [9.17, 15) is 18.0 Å². The molecule has 0 aromatic carbocycles. The number of carboxylic acids is 1. The lowest BCUT2D eigenvalue weighted by molar-refractivity contribution is -0.137. The van der Waals surface area contributed by atoms with Gasteiger partial charge in [0.15, 0.2) is 5.69 Å². The highest BCUT2D eigenvalue weighted by atomic mass is 32.2. The van der Waals surface area contributed by atoms with Crippen LogP contribution in [0.3, 0.4) is 0 Å². The van der Waals surface area contributed by atoms with Gasteiger partial charge in [-0.1, -0.05) is 16.9 Å². The van der Waals surface area contributed by atoms with E-state index in [2.05, 4.69) is 10.1 Å². The van der Waals surface area contributed by atoms with E-state index < -0.39 is 17.7 Å². The third-order valence-corrected chi connectivity index (χ3v) is 3.17. The molecule has 2 aromatic rings. The second-order valence-corrected chi connectivity index (χ2v) is 4.65. The molecule has 1 N–H and O–H groups in total. The van der Waals surface area contributed by atoms with Gasteiger partial charge in [-0.2, -0.15) is 13.2 Å². The van der Waals surface area contributed by atoms with E-state index in [1.807, 2.05) is 0 Å². The first-order chi connectivity index (χ1) is 9.36. The number of hydrogen-bond donors (Lipinski definition) is 1. The number of carboxylic acid groups (broad SMARTS) is 1. The maximum absolute atomic E-state index is 12.3. The lowest BCUT2D eigenvalue weighted by atomic mass is 10.3. The third kappa shape index (κ3) is 3.50. The molecule has 0 aliphatic carbocycles. The molecule has 0 aliphatic heterocycles. The Kier molecular flexibility index (Phi) is 3.98. The van der Waals surface area contributed by atoms with Gasteiger partial charge in [-0.05, 0) is 12.1 Å². The molecule has 2 aromatic heterocycles. The standard InChI is InChI=1S/C11H7F3N2O3S/c12-11(13,14)6-1-2-9(15-4-6)20-5-7-3-8(10(17)18)16-19-7/h1-4H,5H2,(H,17,18). The molecule has 20 heavy (non-hydrogen) atoms. The number of rotatable bonds is 4. The summed E-state index contributed by atoms with van der Waals surface area (Å²) in [6.45, 7) is 0. The van der Waals surface area contributed by atoms with E-state index in [-0.39, 0.29) is 11.4 Å². The molecule has 5 nitrogen and oxygen atoms in total. The predicted octanol–water partition coefficient (Wildman–Crippen LogP) is 3.08. The van der Waals surface area contributed by atoms with Gasteiger partial charge < -0.3 is 9.63 Å². The van der Waals surface area contributed by atoms with Gasteiger partial charge in [0.2, 0.25) is 0 Å². The van der Waals surface area contributed by atoms with Crippen LogP contribution in [0.25, 0.3) is 0 Å². The SMILES string of the molecule is O=C(O)c1cc(CSc2ccc(C(F)(F)F)cn2)on1.